The molecule has 0 fully saturated rings. The predicted octanol–water partition coefficient (Wildman–Crippen LogP) is 2.39. The van der Waals surface area contributed by atoms with Crippen molar-refractivity contribution in [1.82, 2.24) is 4.90 Å². The summed E-state index contributed by atoms with van der Waals surface area (Å²) in [6, 6.07) is 0. The first-order chi connectivity index (χ1) is 5.85. The van der Waals surface area contributed by atoms with Crippen molar-refractivity contribution in [2.45, 2.75) is 20.3 Å². The van der Waals surface area contributed by atoms with Gasteiger partial charge in [0.05, 0.1) is 0 Å². The molecule has 70 valence electrons. The standard InChI is InChI=1S/C10H19NO/c1-4-8-11(5-2)9-7-10-12-6-3/h4-5,8H,2,6-7,9-10H2,1,3H3/b8-4-. The van der Waals surface area contributed by atoms with E-state index in [4.69, 9.17) is 4.74 Å². The normalized spacial score (nSPS) is 10.5. The van der Waals surface area contributed by atoms with Crippen molar-refractivity contribution in [3.8, 4) is 0 Å². The van der Waals surface area contributed by atoms with Crippen LogP contribution in [0, 0.1) is 0 Å². The first-order valence-corrected chi connectivity index (χ1v) is 4.44. The van der Waals surface area contributed by atoms with E-state index in [-0.39, 0.29) is 0 Å². The molecular weight excluding hydrogens is 150 g/mol. The molecule has 2 heteroatoms. The summed E-state index contributed by atoms with van der Waals surface area (Å²) in [5, 5.41) is 0. The number of nitrogens with zero attached hydrogens (tertiary/aromatic N) is 1. The second-order valence-corrected chi connectivity index (χ2v) is 2.45. The zero-order valence-electron chi connectivity index (χ0n) is 8.12. The van der Waals surface area contributed by atoms with Crippen molar-refractivity contribution >= 4 is 0 Å². The van der Waals surface area contributed by atoms with Gasteiger partial charge in [0.1, 0.15) is 0 Å². The lowest BCUT2D eigenvalue weighted by molar-refractivity contribution is 0.141. The molecule has 12 heavy (non-hydrogen) atoms. The van der Waals surface area contributed by atoms with Gasteiger partial charge in [-0.1, -0.05) is 12.7 Å². The molecule has 0 aliphatic rings. The van der Waals surface area contributed by atoms with Gasteiger partial charge in [0, 0.05) is 19.8 Å². The van der Waals surface area contributed by atoms with Gasteiger partial charge in [0.25, 0.3) is 0 Å². The summed E-state index contributed by atoms with van der Waals surface area (Å²) < 4.78 is 5.22. The molecule has 0 unspecified atom stereocenters. The molecule has 0 N–H and O–H groups in total. The fourth-order valence-corrected chi connectivity index (χ4v) is 0.912. The molecule has 0 rings (SSSR count). The highest BCUT2D eigenvalue weighted by Gasteiger charge is 1.92. The van der Waals surface area contributed by atoms with E-state index in [9.17, 15) is 0 Å². The van der Waals surface area contributed by atoms with Crippen molar-refractivity contribution in [2.75, 3.05) is 19.8 Å². The maximum Gasteiger partial charge on any atom is 0.0482 e. The van der Waals surface area contributed by atoms with Crippen LogP contribution in [0.2, 0.25) is 0 Å². The van der Waals surface area contributed by atoms with Crippen LogP contribution in [0.15, 0.2) is 25.1 Å². The molecule has 0 saturated carbocycles. The molecule has 0 atom stereocenters. The third-order valence-corrected chi connectivity index (χ3v) is 1.48. The van der Waals surface area contributed by atoms with E-state index in [0.29, 0.717) is 0 Å². The molecule has 0 amide bonds. The Morgan fingerprint density at radius 3 is 2.75 bits per heavy atom. The Morgan fingerprint density at radius 1 is 1.50 bits per heavy atom. The van der Waals surface area contributed by atoms with Crippen molar-refractivity contribution in [1.29, 1.82) is 0 Å². The fraction of sp³-hybridized carbons (Fsp3) is 0.600. The van der Waals surface area contributed by atoms with Crippen LogP contribution >= 0.6 is 0 Å². The first-order valence-electron chi connectivity index (χ1n) is 4.44. The monoisotopic (exact) mass is 169 g/mol. The van der Waals surface area contributed by atoms with Crippen molar-refractivity contribution in [3.63, 3.8) is 0 Å². The van der Waals surface area contributed by atoms with Crippen molar-refractivity contribution in [3.05, 3.63) is 25.1 Å². The average molecular weight is 169 g/mol. The number of hydrogen-bond acceptors (Lipinski definition) is 2. The second kappa shape index (κ2) is 8.34. The van der Waals surface area contributed by atoms with Gasteiger partial charge < -0.3 is 9.64 Å². The van der Waals surface area contributed by atoms with Gasteiger partial charge in [-0.3, -0.25) is 0 Å². The second-order valence-electron chi connectivity index (χ2n) is 2.45. The third-order valence-electron chi connectivity index (χ3n) is 1.48. The zero-order chi connectivity index (χ0) is 9.23. The average Bonchev–Trinajstić information content (AvgIpc) is 2.10. The van der Waals surface area contributed by atoms with E-state index in [1.165, 1.54) is 0 Å². The van der Waals surface area contributed by atoms with E-state index in [0.717, 1.165) is 26.2 Å². The van der Waals surface area contributed by atoms with Gasteiger partial charge in [0.15, 0.2) is 0 Å². The Balaban J connectivity index is 3.38. The van der Waals surface area contributed by atoms with Gasteiger partial charge in [-0.2, -0.15) is 0 Å². The van der Waals surface area contributed by atoms with Crippen LogP contribution in [0.1, 0.15) is 20.3 Å². The van der Waals surface area contributed by atoms with E-state index in [2.05, 4.69) is 11.5 Å². The molecule has 0 aromatic carbocycles. The number of hydrogen-bond donors (Lipinski definition) is 0. The molecule has 0 aromatic heterocycles. The quantitative estimate of drug-likeness (QED) is 0.543. The van der Waals surface area contributed by atoms with E-state index in [1.54, 1.807) is 0 Å². The Labute approximate surface area is 75.5 Å². The summed E-state index contributed by atoms with van der Waals surface area (Å²) in [5.41, 5.74) is 0. The largest absolute Gasteiger partial charge is 0.382 e. The lowest BCUT2D eigenvalue weighted by Gasteiger charge is -2.13. The van der Waals surface area contributed by atoms with Gasteiger partial charge in [-0.05, 0) is 32.7 Å². The fourth-order valence-electron chi connectivity index (χ4n) is 0.912. The molecule has 2 nitrogen and oxygen atoms in total. The maximum atomic E-state index is 5.22. The first kappa shape index (κ1) is 11.2. The summed E-state index contributed by atoms with van der Waals surface area (Å²) in [6.07, 6.45) is 6.89. The lowest BCUT2D eigenvalue weighted by Crippen LogP contribution is -2.12. The van der Waals surface area contributed by atoms with Crippen molar-refractivity contribution < 1.29 is 4.74 Å². The van der Waals surface area contributed by atoms with E-state index in [1.807, 2.05) is 32.3 Å². The van der Waals surface area contributed by atoms with Crippen LogP contribution in [0.25, 0.3) is 0 Å². The molecule has 0 radical (unpaired) electrons. The summed E-state index contributed by atoms with van der Waals surface area (Å²) in [6.45, 7) is 10.3. The highest BCUT2D eigenvalue weighted by molar-refractivity contribution is 4.85. The van der Waals surface area contributed by atoms with Crippen LogP contribution in [0.5, 0.6) is 0 Å². The highest BCUT2D eigenvalue weighted by atomic mass is 16.5. The Kier molecular flexibility index (Phi) is 7.81. The number of ether oxygens (including phenoxy) is 1. The molecule has 0 aliphatic carbocycles. The van der Waals surface area contributed by atoms with Crippen LogP contribution in [-0.2, 0) is 4.74 Å². The predicted molar refractivity (Wildman–Crippen MR) is 52.8 cm³/mol. The van der Waals surface area contributed by atoms with Crippen LogP contribution in [-0.4, -0.2) is 24.7 Å². The minimum absolute atomic E-state index is 0.803. The maximum absolute atomic E-state index is 5.22. The molecule has 0 bridgehead atoms. The summed E-state index contributed by atoms with van der Waals surface area (Å²) in [7, 11) is 0. The molecule has 0 heterocycles. The molecular formula is C10H19NO. The van der Waals surface area contributed by atoms with Crippen molar-refractivity contribution in [2.24, 2.45) is 0 Å². The molecule has 0 spiro atoms. The highest BCUT2D eigenvalue weighted by Crippen LogP contribution is 1.93. The van der Waals surface area contributed by atoms with Gasteiger partial charge in [0.2, 0.25) is 0 Å². The molecule has 0 saturated heterocycles. The summed E-state index contributed by atoms with van der Waals surface area (Å²) in [5.74, 6) is 0. The van der Waals surface area contributed by atoms with Gasteiger partial charge in [-0.15, -0.1) is 0 Å². The summed E-state index contributed by atoms with van der Waals surface area (Å²) in [4.78, 5) is 2.05. The number of rotatable bonds is 7. The van der Waals surface area contributed by atoms with E-state index < -0.39 is 0 Å². The molecule has 0 aromatic rings. The summed E-state index contributed by atoms with van der Waals surface area (Å²) >= 11 is 0. The number of allylic oxidation sites excluding steroid dienone is 1. The third kappa shape index (κ3) is 5.98. The van der Waals surface area contributed by atoms with E-state index >= 15 is 0 Å². The topological polar surface area (TPSA) is 12.5 Å². The van der Waals surface area contributed by atoms with Crippen LogP contribution in [0.4, 0.5) is 0 Å². The smallest absolute Gasteiger partial charge is 0.0482 e. The zero-order valence-corrected chi connectivity index (χ0v) is 8.12. The SMILES string of the molecule is C=CN(/C=C\C)CCCOCC. The molecule has 0 aliphatic heterocycles. The van der Waals surface area contributed by atoms with Crippen LogP contribution in [0.3, 0.4) is 0 Å². The van der Waals surface area contributed by atoms with Crippen LogP contribution < -0.4 is 0 Å². The Morgan fingerprint density at radius 2 is 2.25 bits per heavy atom. The lowest BCUT2D eigenvalue weighted by atomic mass is 10.4. The van der Waals surface area contributed by atoms with Gasteiger partial charge in [-0.25, -0.2) is 0 Å². The minimum atomic E-state index is 0.803. The Hall–Kier alpha value is -0.760. The minimum Gasteiger partial charge on any atom is -0.382 e. The van der Waals surface area contributed by atoms with Gasteiger partial charge >= 0.3 is 0 Å². The Bertz CT molecular complexity index is 132.